The molecule has 2 heterocycles. The van der Waals surface area contributed by atoms with E-state index in [1.807, 2.05) is 19.0 Å². The molecule has 0 radical (unpaired) electrons. The van der Waals surface area contributed by atoms with E-state index in [1.165, 1.54) is 25.7 Å². The van der Waals surface area contributed by atoms with Crippen molar-refractivity contribution in [3.63, 3.8) is 0 Å². The second-order valence-corrected chi connectivity index (χ2v) is 8.69. The zero-order valence-electron chi connectivity index (χ0n) is 17.1. The molecule has 7 heteroatoms. The molecule has 3 rings (SSSR count). The lowest BCUT2D eigenvalue weighted by Crippen LogP contribution is -2.47. The van der Waals surface area contributed by atoms with Crippen LogP contribution in [0.1, 0.15) is 51.1 Å². The van der Waals surface area contributed by atoms with Gasteiger partial charge in [0, 0.05) is 45.7 Å². The molecular weight excluding hydrogens is 358 g/mol. The van der Waals surface area contributed by atoms with Crippen LogP contribution in [-0.4, -0.2) is 62.3 Å². The quantitative estimate of drug-likeness (QED) is 0.569. The van der Waals surface area contributed by atoms with Crippen molar-refractivity contribution in [1.82, 2.24) is 15.2 Å². The number of anilines is 1. The third-order valence-electron chi connectivity index (χ3n) is 5.43. The van der Waals surface area contributed by atoms with Gasteiger partial charge in [0.15, 0.2) is 11.1 Å². The van der Waals surface area contributed by atoms with Crippen LogP contribution < -0.4 is 10.2 Å². The predicted molar refractivity (Wildman–Crippen MR) is 114 cm³/mol. The van der Waals surface area contributed by atoms with Gasteiger partial charge in [-0.1, -0.05) is 12.8 Å². The lowest BCUT2D eigenvalue weighted by atomic mass is 10.1. The summed E-state index contributed by atoms with van der Waals surface area (Å²) in [7, 11) is 4.05. The van der Waals surface area contributed by atoms with Crippen molar-refractivity contribution in [1.29, 1.82) is 0 Å². The van der Waals surface area contributed by atoms with Gasteiger partial charge in [-0.25, -0.2) is 9.98 Å². The van der Waals surface area contributed by atoms with Crippen LogP contribution in [-0.2, 0) is 11.3 Å². The van der Waals surface area contributed by atoms with E-state index in [2.05, 4.69) is 27.5 Å². The molecule has 0 spiro atoms. The van der Waals surface area contributed by atoms with Crippen LogP contribution in [0.2, 0.25) is 0 Å². The molecule has 1 aliphatic carbocycles. The second kappa shape index (κ2) is 10.3. The fraction of sp³-hybridized carbons (Fsp3) is 0.800. The van der Waals surface area contributed by atoms with Crippen LogP contribution in [0, 0.1) is 5.92 Å². The molecule has 0 aromatic carbocycles. The molecule has 1 saturated carbocycles. The molecule has 0 atom stereocenters. The van der Waals surface area contributed by atoms with Gasteiger partial charge in [0.25, 0.3) is 0 Å². The summed E-state index contributed by atoms with van der Waals surface area (Å²) < 4.78 is 6.21. The number of likely N-dealkylation sites (tertiary alicyclic amines) is 1. The highest BCUT2D eigenvalue weighted by Crippen LogP contribution is 2.26. The van der Waals surface area contributed by atoms with Crippen LogP contribution in [0.5, 0.6) is 0 Å². The minimum Gasteiger partial charge on any atom is -0.378 e. The van der Waals surface area contributed by atoms with Crippen LogP contribution in [0.25, 0.3) is 0 Å². The molecule has 0 bridgehead atoms. The number of aromatic nitrogens is 1. The zero-order valence-corrected chi connectivity index (χ0v) is 17.9. The number of piperidine rings is 1. The Balaban J connectivity index is 1.47. The van der Waals surface area contributed by atoms with E-state index >= 15 is 0 Å². The summed E-state index contributed by atoms with van der Waals surface area (Å²) in [6, 6.07) is 0. The maximum Gasteiger partial charge on any atom is 0.194 e. The number of thiazole rings is 1. The monoisotopic (exact) mass is 393 g/mol. The Bertz CT molecular complexity index is 589. The van der Waals surface area contributed by atoms with E-state index in [9.17, 15) is 0 Å². The number of nitrogens with zero attached hydrogens (tertiary/aromatic N) is 4. The summed E-state index contributed by atoms with van der Waals surface area (Å²) in [5.41, 5.74) is 1.04. The SMILES string of the molecule is CCNC(=NCc1csc(N(C)C)n1)N1CCC(OCC2CCCC2)CC1. The first kappa shape index (κ1) is 20.4. The van der Waals surface area contributed by atoms with Crippen LogP contribution in [0.3, 0.4) is 0 Å². The highest BCUT2D eigenvalue weighted by atomic mass is 32.1. The van der Waals surface area contributed by atoms with Gasteiger partial charge in [0.2, 0.25) is 0 Å². The van der Waals surface area contributed by atoms with E-state index in [1.54, 1.807) is 11.3 Å². The summed E-state index contributed by atoms with van der Waals surface area (Å²) in [6.07, 6.45) is 8.13. The van der Waals surface area contributed by atoms with Crippen LogP contribution in [0.4, 0.5) is 5.13 Å². The number of nitrogens with one attached hydrogen (secondary N) is 1. The highest BCUT2D eigenvalue weighted by Gasteiger charge is 2.24. The topological polar surface area (TPSA) is 53.0 Å². The maximum absolute atomic E-state index is 6.21. The number of hydrogen-bond donors (Lipinski definition) is 1. The van der Waals surface area contributed by atoms with Gasteiger partial charge in [-0.05, 0) is 38.5 Å². The standard InChI is InChI=1S/C20H35N5OS/c1-4-21-19(22-13-17-15-27-20(23-17)24(2)3)25-11-9-18(10-12-25)26-14-16-7-5-6-8-16/h15-16,18H,4-14H2,1-3H3,(H,21,22). The number of aliphatic imine (C=N–C) groups is 1. The predicted octanol–water partition coefficient (Wildman–Crippen LogP) is 3.35. The van der Waals surface area contributed by atoms with Gasteiger partial charge in [-0.3, -0.25) is 0 Å². The lowest BCUT2D eigenvalue weighted by molar-refractivity contribution is 0.00101. The first-order valence-electron chi connectivity index (χ1n) is 10.4. The molecule has 1 aromatic heterocycles. The van der Waals surface area contributed by atoms with E-state index in [4.69, 9.17) is 9.73 Å². The second-order valence-electron chi connectivity index (χ2n) is 7.86. The van der Waals surface area contributed by atoms with Crippen molar-refractivity contribution in [2.24, 2.45) is 10.9 Å². The first-order valence-corrected chi connectivity index (χ1v) is 11.3. The molecule has 0 amide bonds. The molecule has 1 aromatic rings. The molecule has 1 saturated heterocycles. The van der Waals surface area contributed by atoms with E-state index in [-0.39, 0.29) is 0 Å². The van der Waals surface area contributed by atoms with E-state index in [0.29, 0.717) is 12.6 Å². The molecule has 2 fully saturated rings. The summed E-state index contributed by atoms with van der Waals surface area (Å²) in [5, 5.41) is 6.58. The minimum atomic E-state index is 0.422. The molecule has 1 N–H and O–H groups in total. The van der Waals surface area contributed by atoms with Gasteiger partial charge in [-0.15, -0.1) is 11.3 Å². The lowest BCUT2D eigenvalue weighted by Gasteiger charge is -2.34. The smallest absolute Gasteiger partial charge is 0.194 e. The van der Waals surface area contributed by atoms with Gasteiger partial charge >= 0.3 is 0 Å². The Morgan fingerprint density at radius 1 is 1.30 bits per heavy atom. The largest absolute Gasteiger partial charge is 0.378 e. The molecule has 152 valence electrons. The van der Waals surface area contributed by atoms with E-state index in [0.717, 1.165) is 61.8 Å². The third-order valence-corrected chi connectivity index (χ3v) is 6.49. The van der Waals surface area contributed by atoms with Crippen LogP contribution in [0.15, 0.2) is 10.4 Å². The van der Waals surface area contributed by atoms with Gasteiger partial charge in [0.05, 0.1) is 18.3 Å². The summed E-state index contributed by atoms with van der Waals surface area (Å²) in [6.45, 7) is 6.64. The Hall–Kier alpha value is -1.34. The number of hydrogen-bond acceptors (Lipinski definition) is 5. The molecule has 2 aliphatic rings. The van der Waals surface area contributed by atoms with Crippen molar-refractivity contribution < 1.29 is 4.74 Å². The average Bonchev–Trinajstić information content (AvgIpc) is 3.36. The van der Waals surface area contributed by atoms with Crippen LogP contribution >= 0.6 is 11.3 Å². The van der Waals surface area contributed by atoms with Gasteiger partial charge in [0.1, 0.15) is 0 Å². The zero-order chi connectivity index (χ0) is 19.1. The summed E-state index contributed by atoms with van der Waals surface area (Å²) in [5.74, 6) is 1.82. The summed E-state index contributed by atoms with van der Waals surface area (Å²) in [4.78, 5) is 13.9. The molecule has 1 aliphatic heterocycles. The summed E-state index contributed by atoms with van der Waals surface area (Å²) >= 11 is 1.67. The molecule has 6 nitrogen and oxygen atoms in total. The third kappa shape index (κ3) is 6.07. The average molecular weight is 394 g/mol. The minimum absolute atomic E-state index is 0.422. The molecular formula is C20H35N5OS. The van der Waals surface area contributed by atoms with Gasteiger partial charge in [-0.2, -0.15) is 0 Å². The van der Waals surface area contributed by atoms with Crippen molar-refractivity contribution in [2.75, 3.05) is 45.2 Å². The van der Waals surface area contributed by atoms with Crippen molar-refractivity contribution in [2.45, 2.75) is 58.1 Å². The van der Waals surface area contributed by atoms with E-state index < -0.39 is 0 Å². The Morgan fingerprint density at radius 2 is 2.04 bits per heavy atom. The van der Waals surface area contributed by atoms with Gasteiger partial charge < -0.3 is 19.9 Å². The first-order chi connectivity index (χ1) is 13.2. The number of rotatable bonds is 7. The molecule has 27 heavy (non-hydrogen) atoms. The Morgan fingerprint density at radius 3 is 2.67 bits per heavy atom. The molecule has 0 unspecified atom stereocenters. The fourth-order valence-corrected chi connectivity index (χ4v) is 4.59. The maximum atomic E-state index is 6.21. The number of guanidine groups is 1. The Kier molecular flexibility index (Phi) is 7.76. The normalized spacial score (nSPS) is 19.7. The fourth-order valence-electron chi connectivity index (χ4n) is 3.84. The van der Waals surface area contributed by atoms with Crippen molar-refractivity contribution in [3.05, 3.63) is 11.1 Å². The Labute approximate surface area is 168 Å². The van der Waals surface area contributed by atoms with Crippen molar-refractivity contribution >= 4 is 22.4 Å². The highest BCUT2D eigenvalue weighted by molar-refractivity contribution is 7.13. The van der Waals surface area contributed by atoms with Crippen molar-refractivity contribution in [3.8, 4) is 0 Å². The number of ether oxygens (including phenoxy) is 1.